The van der Waals surface area contributed by atoms with Gasteiger partial charge in [0.15, 0.2) is 0 Å². The third kappa shape index (κ3) is 9.84. The van der Waals surface area contributed by atoms with E-state index in [0.717, 1.165) is 11.9 Å². The molecule has 0 unspecified atom stereocenters. The Labute approximate surface area is 88.9 Å². The Morgan fingerprint density at radius 3 is 1.69 bits per heavy atom. The van der Waals surface area contributed by atoms with Crippen molar-refractivity contribution in [3.8, 4) is 0 Å². The van der Waals surface area contributed by atoms with Crippen LogP contribution in [-0.2, 0) is 20.3 Å². The second-order valence-corrected chi connectivity index (χ2v) is 3.67. The molecule has 0 aromatic rings. The molecule has 0 saturated heterocycles. The van der Waals surface area contributed by atoms with Crippen molar-refractivity contribution in [2.24, 2.45) is 0 Å². The Morgan fingerprint density at radius 2 is 1.62 bits per heavy atom. The van der Waals surface area contributed by atoms with E-state index in [1.54, 1.807) is 0 Å². The summed E-state index contributed by atoms with van der Waals surface area (Å²) in [6, 6.07) is 1.27. The summed E-state index contributed by atoms with van der Waals surface area (Å²) in [4.78, 5) is 10.7. The van der Waals surface area contributed by atoms with Crippen molar-refractivity contribution in [1.29, 1.82) is 0 Å². The minimum atomic E-state index is -0.500. The largest absolute Gasteiger partial charge is 0.554 e. The predicted molar refractivity (Wildman–Crippen MR) is 47.8 cm³/mol. The van der Waals surface area contributed by atoms with E-state index in [0.29, 0.717) is 12.1 Å². The van der Waals surface area contributed by atoms with Gasteiger partial charge in [0, 0.05) is 6.47 Å². The summed E-state index contributed by atoms with van der Waals surface area (Å²) in [6.45, 7) is 9.44. The first-order chi connectivity index (χ1) is 6.01. The molecule has 13 heavy (non-hydrogen) atoms. The molecular formula is C9H19NNiO2. The third-order valence-corrected chi connectivity index (χ3v) is 1.88. The van der Waals surface area contributed by atoms with Crippen LogP contribution in [-0.4, -0.2) is 30.0 Å². The molecule has 0 fully saturated rings. The number of carbonyl (C=O) groups excluding carboxylic acids is 1. The van der Waals surface area contributed by atoms with Gasteiger partial charge < -0.3 is 9.90 Å². The molecule has 0 aliphatic heterocycles. The Morgan fingerprint density at radius 1 is 1.31 bits per heavy atom. The average Bonchev–Trinajstić information content (AvgIpc) is 2.00. The first-order valence-electron chi connectivity index (χ1n) is 4.34. The van der Waals surface area contributed by atoms with Crippen LogP contribution < -0.4 is 5.11 Å². The van der Waals surface area contributed by atoms with Crippen LogP contribution in [0.3, 0.4) is 0 Å². The van der Waals surface area contributed by atoms with E-state index in [-0.39, 0.29) is 0 Å². The normalized spacial score (nSPS) is 10.2. The number of hydrogen-bond acceptors (Lipinski definition) is 3. The first-order valence-corrected chi connectivity index (χ1v) is 5.04. The Kier molecular flexibility index (Phi) is 11.9. The standard InChI is InChI=1S/C8H18N.CH2O2.Ni/c1-6-9(7(2)3)8(4)5;2-1-3;/h7-8H,1,6H2,2-5H3;1H,(H,2,3);/q;;+1/p-1. The molecule has 82 valence electrons. The van der Waals surface area contributed by atoms with Crippen LogP contribution >= 0.6 is 0 Å². The quantitative estimate of drug-likeness (QED) is 0.521. The van der Waals surface area contributed by atoms with Crippen molar-refractivity contribution in [2.75, 3.05) is 6.54 Å². The zero-order chi connectivity index (χ0) is 10.9. The van der Waals surface area contributed by atoms with Gasteiger partial charge in [-0.25, -0.2) is 0 Å². The molecule has 0 aromatic carbocycles. The number of carbonyl (C=O) groups is 1. The molecule has 0 saturated carbocycles. The monoisotopic (exact) mass is 231 g/mol. The minimum Gasteiger partial charge on any atom is -0.554 e. The van der Waals surface area contributed by atoms with Gasteiger partial charge in [-0.1, -0.05) is 0 Å². The summed E-state index contributed by atoms with van der Waals surface area (Å²) in [5.41, 5.74) is 0. The van der Waals surface area contributed by atoms with Gasteiger partial charge in [-0.2, -0.15) is 0 Å². The van der Waals surface area contributed by atoms with E-state index in [2.05, 4.69) is 48.1 Å². The predicted octanol–water partition coefficient (Wildman–Crippen LogP) is 0.436. The van der Waals surface area contributed by atoms with Gasteiger partial charge in [-0.3, -0.25) is 0 Å². The van der Waals surface area contributed by atoms with Crippen molar-refractivity contribution in [3.63, 3.8) is 0 Å². The maximum atomic E-state index is 8.25. The van der Waals surface area contributed by atoms with Gasteiger partial charge in [0.25, 0.3) is 0 Å². The second-order valence-electron chi connectivity index (χ2n) is 3.18. The Bertz CT molecular complexity index is 110. The number of rotatable bonds is 4. The molecule has 0 aromatic heterocycles. The van der Waals surface area contributed by atoms with Crippen LogP contribution in [0.25, 0.3) is 0 Å². The minimum absolute atomic E-state index is 0.500. The van der Waals surface area contributed by atoms with E-state index >= 15 is 0 Å². The van der Waals surface area contributed by atoms with Crippen LogP contribution in [0.1, 0.15) is 27.7 Å². The maximum Gasteiger partial charge on any atom is 0.0275 e. The van der Waals surface area contributed by atoms with E-state index in [1.807, 2.05) is 0 Å². The fourth-order valence-electron chi connectivity index (χ4n) is 1.19. The molecule has 0 radical (unpaired) electrons. The van der Waals surface area contributed by atoms with Gasteiger partial charge in [0.2, 0.25) is 0 Å². The second kappa shape index (κ2) is 10.0. The molecule has 0 rings (SSSR count). The van der Waals surface area contributed by atoms with Gasteiger partial charge in [0.05, 0.1) is 0 Å². The van der Waals surface area contributed by atoms with Gasteiger partial charge in [-0.05, 0) is 0 Å². The van der Waals surface area contributed by atoms with E-state index < -0.39 is 6.47 Å². The smallest absolute Gasteiger partial charge is 0.0275 e. The van der Waals surface area contributed by atoms with Gasteiger partial charge >= 0.3 is 72.1 Å². The zero-order valence-corrected chi connectivity index (χ0v) is 9.71. The van der Waals surface area contributed by atoms with E-state index in [9.17, 15) is 0 Å². The summed E-state index contributed by atoms with van der Waals surface area (Å²) in [5.74, 6) is 0. The molecule has 0 aliphatic carbocycles. The fourth-order valence-corrected chi connectivity index (χ4v) is 1.45. The SMILES string of the molecule is CC(C)N(C[CH2][Ni+])C(C)C.O=C[O-]. The molecule has 0 amide bonds. The fraction of sp³-hybridized carbons (Fsp3) is 0.889. The van der Waals surface area contributed by atoms with Gasteiger partial charge in [0.1, 0.15) is 0 Å². The van der Waals surface area contributed by atoms with Gasteiger partial charge in [-0.15, -0.1) is 0 Å². The molecule has 0 bridgehead atoms. The first kappa shape index (κ1) is 15.4. The number of carboxylic acid groups (broad SMARTS) is 1. The molecule has 3 nitrogen and oxygen atoms in total. The Balaban J connectivity index is 0. The van der Waals surface area contributed by atoms with Crippen molar-refractivity contribution in [2.45, 2.75) is 45.2 Å². The van der Waals surface area contributed by atoms with Crippen molar-refractivity contribution in [3.05, 3.63) is 0 Å². The van der Waals surface area contributed by atoms with Crippen LogP contribution in [0.4, 0.5) is 0 Å². The van der Waals surface area contributed by atoms with Crippen molar-refractivity contribution >= 4 is 6.47 Å². The average molecular weight is 232 g/mol. The number of hydrogen-bond donors (Lipinski definition) is 0. The molecule has 0 aliphatic rings. The van der Waals surface area contributed by atoms with Crippen molar-refractivity contribution < 1.29 is 25.4 Å². The van der Waals surface area contributed by atoms with Crippen LogP contribution in [0, 0.1) is 0 Å². The Hall–Kier alpha value is -0.0765. The van der Waals surface area contributed by atoms with Crippen molar-refractivity contribution in [1.82, 2.24) is 4.90 Å². The molecule has 0 spiro atoms. The van der Waals surface area contributed by atoms with Crippen LogP contribution in [0.5, 0.6) is 0 Å². The maximum absolute atomic E-state index is 8.25. The van der Waals surface area contributed by atoms with E-state index in [1.165, 1.54) is 0 Å². The summed E-state index contributed by atoms with van der Waals surface area (Å²) in [6.07, 6.45) is 0. The zero-order valence-electron chi connectivity index (χ0n) is 8.73. The topological polar surface area (TPSA) is 43.4 Å². The summed E-state index contributed by atoms with van der Waals surface area (Å²) < 4.78 is 0. The summed E-state index contributed by atoms with van der Waals surface area (Å²) in [7, 11) is 0. The third-order valence-electron chi connectivity index (χ3n) is 1.66. The molecule has 4 heteroatoms. The summed E-state index contributed by atoms with van der Waals surface area (Å²) in [5, 5.41) is 9.14. The molecule has 0 N–H and O–H groups in total. The molecule has 0 heterocycles. The van der Waals surface area contributed by atoms with E-state index in [4.69, 9.17) is 9.90 Å². The molecular weight excluding hydrogens is 213 g/mol. The van der Waals surface area contributed by atoms with Crippen LogP contribution in [0.2, 0.25) is 5.39 Å². The molecule has 0 atom stereocenters. The number of nitrogens with zero attached hydrogens (tertiary/aromatic N) is 1. The summed E-state index contributed by atoms with van der Waals surface area (Å²) >= 11 is 4.66. The van der Waals surface area contributed by atoms with Crippen LogP contribution in [0.15, 0.2) is 0 Å².